The van der Waals surface area contributed by atoms with E-state index in [2.05, 4.69) is 24.2 Å². The largest absolute Gasteiger partial charge is 0.353 e. The molecule has 0 saturated heterocycles. The van der Waals surface area contributed by atoms with Crippen LogP contribution in [0.5, 0.6) is 0 Å². The van der Waals surface area contributed by atoms with Crippen LogP contribution >= 0.6 is 0 Å². The van der Waals surface area contributed by atoms with E-state index < -0.39 is 0 Å². The van der Waals surface area contributed by atoms with Crippen LogP contribution < -0.4 is 0 Å². The molecule has 4 heteroatoms. The van der Waals surface area contributed by atoms with E-state index in [4.69, 9.17) is 4.74 Å². The molecule has 1 aromatic carbocycles. The highest BCUT2D eigenvalue weighted by molar-refractivity contribution is 5.73. The third kappa shape index (κ3) is 2.47. The summed E-state index contributed by atoms with van der Waals surface area (Å²) in [5.74, 6) is 0.350. The number of fused-ring (bicyclic) bond motifs is 1. The predicted molar refractivity (Wildman–Crippen MR) is 67.6 cm³/mol. The summed E-state index contributed by atoms with van der Waals surface area (Å²) in [6, 6.07) is 7.95. The van der Waals surface area contributed by atoms with E-state index in [-0.39, 0.29) is 12.3 Å². The number of hydrogen-bond donors (Lipinski definition) is 0. The van der Waals surface area contributed by atoms with Gasteiger partial charge >= 0.3 is 0 Å². The Hall–Kier alpha value is -1.42. The standard InChI is InChI=1S/C13H19N3O/c1-9(2)13(17-10(3)4)16-12-8-6-5-7-11(12)14-15-16/h5-10,13H,1-4H3/t13-/m1/s1. The van der Waals surface area contributed by atoms with Gasteiger partial charge in [0, 0.05) is 5.92 Å². The van der Waals surface area contributed by atoms with E-state index in [0.717, 1.165) is 11.0 Å². The topological polar surface area (TPSA) is 39.9 Å². The molecular weight excluding hydrogens is 214 g/mol. The highest BCUT2D eigenvalue weighted by Gasteiger charge is 2.20. The lowest BCUT2D eigenvalue weighted by Crippen LogP contribution is -2.23. The van der Waals surface area contributed by atoms with Gasteiger partial charge in [-0.3, -0.25) is 0 Å². The molecule has 2 aromatic rings. The SMILES string of the molecule is CC(C)O[C@H](C(C)C)n1nnc2ccccc21. The van der Waals surface area contributed by atoms with Gasteiger partial charge < -0.3 is 4.74 Å². The lowest BCUT2D eigenvalue weighted by atomic mass is 10.2. The first kappa shape index (κ1) is 12.0. The van der Waals surface area contributed by atoms with Gasteiger partial charge in [0.1, 0.15) is 5.52 Å². The van der Waals surface area contributed by atoms with Crippen LogP contribution in [0.1, 0.15) is 33.9 Å². The van der Waals surface area contributed by atoms with Crippen molar-refractivity contribution in [1.29, 1.82) is 0 Å². The first-order chi connectivity index (χ1) is 8.09. The van der Waals surface area contributed by atoms with Gasteiger partial charge in [-0.25, -0.2) is 4.68 Å². The molecule has 17 heavy (non-hydrogen) atoms. The van der Waals surface area contributed by atoms with E-state index in [1.54, 1.807) is 0 Å². The number of rotatable bonds is 4. The van der Waals surface area contributed by atoms with Gasteiger partial charge in [-0.05, 0) is 26.0 Å². The maximum Gasteiger partial charge on any atom is 0.155 e. The average Bonchev–Trinajstić information content (AvgIpc) is 2.69. The molecule has 0 aliphatic heterocycles. The molecular formula is C13H19N3O. The lowest BCUT2D eigenvalue weighted by molar-refractivity contribution is -0.0697. The normalized spacial score (nSPS) is 13.8. The van der Waals surface area contributed by atoms with E-state index in [9.17, 15) is 0 Å². The molecule has 4 nitrogen and oxygen atoms in total. The minimum Gasteiger partial charge on any atom is -0.353 e. The molecule has 0 radical (unpaired) electrons. The Bertz CT molecular complexity index is 490. The van der Waals surface area contributed by atoms with Crippen molar-refractivity contribution >= 4 is 11.0 Å². The van der Waals surface area contributed by atoms with Crippen LogP contribution in [0.4, 0.5) is 0 Å². The Morgan fingerprint density at radius 3 is 2.47 bits per heavy atom. The first-order valence-electron chi connectivity index (χ1n) is 6.05. The Kier molecular flexibility index (Phi) is 3.43. The number of ether oxygens (including phenoxy) is 1. The van der Waals surface area contributed by atoms with Gasteiger partial charge in [0.2, 0.25) is 0 Å². The van der Waals surface area contributed by atoms with Crippen molar-refractivity contribution in [2.24, 2.45) is 5.92 Å². The molecule has 0 amide bonds. The van der Waals surface area contributed by atoms with Crippen molar-refractivity contribution in [2.75, 3.05) is 0 Å². The Morgan fingerprint density at radius 1 is 1.12 bits per heavy atom. The number of benzene rings is 1. The summed E-state index contributed by atoms with van der Waals surface area (Å²) in [4.78, 5) is 0. The van der Waals surface area contributed by atoms with Gasteiger partial charge in [-0.15, -0.1) is 5.10 Å². The summed E-state index contributed by atoms with van der Waals surface area (Å²) in [5, 5.41) is 8.37. The first-order valence-corrected chi connectivity index (χ1v) is 6.05. The molecule has 0 spiro atoms. The second-order valence-corrected chi connectivity index (χ2v) is 4.84. The van der Waals surface area contributed by atoms with Crippen molar-refractivity contribution < 1.29 is 4.74 Å². The fourth-order valence-corrected chi connectivity index (χ4v) is 1.85. The molecule has 0 bridgehead atoms. The molecule has 0 aliphatic rings. The van der Waals surface area contributed by atoms with Gasteiger partial charge in [-0.1, -0.05) is 31.2 Å². The van der Waals surface area contributed by atoms with Gasteiger partial charge in [0.25, 0.3) is 0 Å². The van der Waals surface area contributed by atoms with Crippen LogP contribution in [0.2, 0.25) is 0 Å². The second kappa shape index (κ2) is 4.84. The third-order valence-electron chi connectivity index (χ3n) is 2.60. The van der Waals surface area contributed by atoms with Gasteiger partial charge in [0.15, 0.2) is 6.23 Å². The maximum absolute atomic E-state index is 5.92. The highest BCUT2D eigenvalue weighted by Crippen LogP contribution is 2.24. The minimum absolute atomic E-state index is 0.0672. The lowest BCUT2D eigenvalue weighted by Gasteiger charge is -2.24. The third-order valence-corrected chi connectivity index (χ3v) is 2.60. The van der Waals surface area contributed by atoms with Crippen molar-refractivity contribution in [1.82, 2.24) is 15.0 Å². The summed E-state index contributed by atoms with van der Waals surface area (Å²) in [6.45, 7) is 8.33. The zero-order chi connectivity index (χ0) is 12.4. The fourth-order valence-electron chi connectivity index (χ4n) is 1.85. The van der Waals surface area contributed by atoms with Crippen LogP contribution in [0.3, 0.4) is 0 Å². The van der Waals surface area contributed by atoms with E-state index in [1.807, 2.05) is 42.8 Å². The zero-order valence-electron chi connectivity index (χ0n) is 10.8. The quantitative estimate of drug-likeness (QED) is 0.815. The molecule has 1 atom stereocenters. The maximum atomic E-state index is 5.92. The average molecular weight is 233 g/mol. The van der Waals surface area contributed by atoms with Crippen LogP contribution in [0, 0.1) is 5.92 Å². The molecule has 92 valence electrons. The Labute approximate surface area is 102 Å². The van der Waals surface area contributed by atoms with E-state index in [1.165, 1.54) is 0 Å². The van der Waals surface area contributed by atoms with Gasteiger partial charge in [0.05, 0.1) is 11.6 Å². The van der Waals surface area contributed by atoms with Crippen molar-refractivity contribution in [3.8, 4) is 0 Å². The van der Waals surface area contributed by atoms with Crippen LogP contribution in [0.25, 0.3) is 11.0 Å². The number of nitrogens with zero attached hydrogens (tertiary/aromatic N) is 3. The Balaban J connectivity index is 2.41. The summed E-state index contributed by atoms with van der Waals surface area (Å²) in [6.07, 6.45) is 0.104. The number of hydrogen-bond acceptors (Lipinski definition) is 3. The molecule has 0 N–H and O–H groups in total. The monoisotopic (exact) mass is 233 g/mol. The highest BCUT2D eigenvalue weighted by atomic mass is 16.5. The van der Waals surface area contributed by atoms with Crippen LogP contribution in [0.15, 0.2) is 24.3 Å². The molecule has 2 rings (SSSR count). The minimum atomic E-state index is -0.0672. The van der Waals surface area contributed by atoms with Crippen molar-refractivity contribution in [3.05, 3.63) is 24.3 Å². The zero-order valence-corrected chi connectivity index (χ0v) is 10.8. The Morgan fingerprint density at radius 2 is 1.82 bits per heavy atom. The smallest absolute Gasteiger partial charge is 0.155 e. The molecule has 0 aliphatic carbocycles. The molecule has 0 saturated carbocycles. The number of aromatic nitrogens is 3. The summed E-state index contributed by atoms with van der Waals surface area (Å²) >= 11 is 0. The molecule has 0 fully saturated rings. The fraction of sp³-hybridized carbons (Fsp3) is 0.538. The molecule has 1 aromatic heterocycles. The van der Waals surface area contributed by atoms with Crippen molar-refractivity contribution in [2.45, 2.75) is 40.0 Å². The van der Waals surface area contributed by atoms with E-state index in [0.29, 0.717) is 5.92 Å². The second-order valence-electron chi connectivity index (χ2n) is 4.84. The summed E-state index contributed by atoms with van der Waals surface area (Å²) in [7, 11) is 0. The molecule has 1 heterocycles. The van der Waals surface area contributed by atoms with Crippen LogP contribution in [-0.4, -0.2) is 21.1 Å². The summed E-state index contributed by atoms with van der Waals surface area (Å²) < 4.78 is 7.80. The van der Waals surface area contributed by atoms with Crippen LogP contribution in [-0.2, 0) is 4.74 Å². The molecule has 0 unspecified atom stereocenters. The summed E-state index contributed by atoms with van der Waals surface area (Å²) in [5.41, 5.74) is 1.93. The predicted octanol–water partition coefficient (Wildman–Crippen LogP) is 3.01. The van der Waals surface area contributed by atoms with E-state index >= 15 is 0 Å². The van der Waals surface area contributed by atoms with Crippen molar-refractivity contribution in [3.63, 3.8) is 0 Å². The number of para-hydroxylation sites is 1. The van der Waals surface area contributed by atoms with Gasteiger partial charge in [-0.2, -0.15) is 0 Å².